The van der Waals surface area contributed by atoms with Gasteiger partial charge >= 0.3 is 5.97 Å². The normalized spacial score (nSPS) is 15.8. The highest BCUT2D eigenvalue weighted by Crippen LogP contribution is 2.26. The van der Waals surface area contributed by atoms with Crippen molar-refractivity contribution in [1.29, 1.82) is 0 Å². The summed E-state index contributed by atoms with van der Waals surface area (Å²) in [5, 5.41) is 7.47. The summed E-state index contributed by atoms with van der Waals surface area (Å²) < 4.78 is 6.93. The maximum Gasteiger partial charge on any atom is 0.311 e. The predicted octanol–water partition coefficient (Wildman–Crippen LogP) is 3.70. The number of para-hydroxylation sites is 1. The SMILES string of the molecule is CC(C)(C)c1cc(NC(=O)COC(=O)[C@H]2CC(=O)N(Cc3ccccc3)C2)n(-c2ccccc2)n1. The second-order valence-corrected chi connectivity index (χ2v) is 9.73. The van der Waals surface area contributed by atoms with E-state index in [1.165, 1.54) is 0 Å². The molecule has 0 saturated carbocycles. The van der Waals surface area contributed by atoms with Gasteiger partial charge in [-0.1, -0.05) is 69.3 Å². The van der Waals surface area contributed by atoms with E-state index in [9.17, 15) is 14.4 Å². The number of anilines is 1. The summed E-state index contributed by atoms with van der Waals surface area (Å²) in [6.07, 6.45) is 0.0863. The van der Waals surface area contributed by atoms with Gasteiger partial charge in [0, 0.05) is 31.0 Å². The first-order valence-corrected chi connectivity index (χ1v) is 11.6. The number of nitrogens with one attached hydrogen (secondary N) is 1. The minimum absolute atomic E-state index is 0.0863. The van der Waals surface area contributed by atoms with Gasteiger partial charge in [0.05, 0.1) is 17.3 Å². The molecule has 2 amide bonds. The van der Waals surface area contributed by atoms with Crippen LogP contribution in [0.4, 0.5) is 5.82 Å². The number of carbonyl (C=O) groups is 3. The van der Waals surface area contributed by atoms with Crippen molar-refractivity contribution in [1.82, 2.24) is 14.7 Å². The smallest absolute Gasteiger partial charge is 0.311 e. The zero-order valence-electron chi connectivity index (χ0n) is 20.2. The number of esters is 1. The molecule has 35 heavy (non-hydrogen) atoms. The van der Waals surface area contributed by atoms with E-state index in [4.69, 9.17) is 4.74 Å². The molecule has 1 atom stereocenters. The van der Waals surface area contributed by atoms with Crippen molar-refractivity contribution in [2.24, 2.45) is 5.92 Å². The van der Waals surface area contributed by atoms with Crippen molar-refractivity contribution < 1.29 is 19.1 Å². The summed E-state index contributed by atoms with van der Waals surface area (Å²) >= 11 is 0. The number of aromatic nitrogens is 2. The van der Waals surface area contributed by atoms with Crippen LogP contribution in [0, 0.1) is 5.92 Å². The van der Waals surface area contributed by atoms with Crippen LogP contribution in [0.5, 0.6) is 0 Å². The molecule has 1 saturated heterocycles. The summed E-state index contributed by atoms with van der Waals surface area (Å²) in [5.41, 5.74) is 2.40. The fourth-order valence-corrected chi connectivity index (χ4v) is 3.92. The Balaban J connectivity index is 1.36. The van der Waals surface area contributed by atoms with Crippen LogP contribution in [0.1, 0.15) is 38.4 Å². The lowest BCUT2D eigenvalue weighted by molar-refractivity contribution is -0.151. The Hall–Kier alpha value is -3.94. The van der Waals surface area contributed by atoms with Gasteiger partial charge in [-0.25, -0.2) is 4.68 Å². The molecule has 1 N–H and O–H groups in total. The van der Waals surface area contributed by atoms with Crippen molar-refractivity contribution in [2.75, 3.05) is 18.5 Å². The fourth-order valence-electron chi connectivity index (χ4n) is 3.92. The number of ether oxygens (including phenoxy) is 1. The zero-order valence-corrected chi connectivity index (χ0v) is 20.2. The molecular formula is C27H30N4O4. The highest BCUT2D eigenvalue weighted by Gasteiger charge is 2.35. The highest BCUT2D eigenvalue weighted by atomic mass is 16.5. The topological polar surface area (TPSA) is 93.5 Å². The Labute approximate surface area is 204 Å². The number of carbonyl (C=O) groups excluding carboxylic acids is 3. The Morgan fingerprint density at radius 2 is 1.71 bits per heavy atom. The second kappa shape index (κ2) is 10.1. The van der Waals surface area contributed by atoms with Crippen molar-refractivity contribution in [3.63, 3.8) is 0 Å². The minimum Gasteiger partial charge on any atom is -0.455 e. The van der Waals surface area contributed by atoms with E-state index in [-0.39, 0.29) is 24.3 Å². The monoisotopic (exact) mass is 474 g/mol. The molecular weight excluding hydrogens is 444 g/mol. The van der Waals surface area contributed by atoms with E-state index in [2.05, 4.69) is 10.4 Å². The summed E-state index contributed by atoms with van der Waals surface area (Å²) in [6, 6.07) is 20.9. The van der Waals surface area contributed by atoms with Gasteiger partial charge in [-0.3, -0.25) is 14.4 Å². The maximum absolute atomic E-state index is 12.6. The van der Waals surface area contributed by atoms with Crippen LogP contribution in [0.25, 0.3) is 5.69 Å². The average Bonchev–Trinajstić information content (AvgIpc) is 3.42. The number of nitrogens with zero attached hydrogens (tertiary/aromatic N) is 3. The van der Waals surface area contributed by atoms with Gasteiger partial charge in [-0.2, -0.15) is 5.10 Å². The molecule has 3 aromatic rings. The maximum atomic E-state index is 12.6. The Kier molecular flexibility index (Phi) is 7.00. The summed E-state index contributed by atoms with van der Waals surface area (Å²) in [5.74, 6) is -1.20. The second-order valence-electron chi connectivity index (χ2n) is 9.73. The van der Waals surface area contributed by atoms with Gasteiger partial charge in [-0.05, 0) is 17.7 Å². The predicted molar refractivity (Wildman–Crippen MR) is 132 cm³/mol. The van der Waals surface area contributed by atoms with Gasteiger partial charge < -0.3 is 15.0 Å². The lowest BCUT2D eigenvalue weighted by atomic mass is 9.92. The highest BCUT2D eigenvalue weighted by molar-refractivity contribution is 5.93. The number of benzene rings is 2. The van der Waals surface area contributed by atoms with E-state index in [0.717, 1.165) is 16.9 Å². The molecule has 1 aliphatic heterocycles. The van der Waals surface area contributed by atoms with Crippen molar-refractivity contribution in [2.45, 2.75) is 39.2 Å². The number of hydrogen-bond donors (Lipinski definition) is 1. The number of rotatable bonds is 7. The van der Waals surface area contributed by atoms with E-state index in [1.807, 2.05) is 87.5 Å². The van der Waals surface area contributed by atoms with Gasteiger partial charge in [0.2, 0.25) is 5.91 Å². The van der Waals surface area contributed by atoms with Gasteiger partial charge in [-0.15, -0.1) is 0 Å². The molecule has 0 spiro atoms. The molecule has 0 radical (unpaired) electrons. The molecule has 4 rings (SSSR count). The molecule has 1 aliphatic rings. The number of amides is 2. The van der Waals surface area contributed by atoms with E-state index in [1.54, 1.807) is 9.58 Å². The first-order chi connectivity index (χ1) is 16.7. The van der Waals surface area contributed by atoms with Crippen LogP contribution >= 0.6 is 0 Å². The summed E-state index contributed by atoms with van der Waals surface area (Å²) in [6.45, 7) is 6.42. The molecule has 1 fully saturated rings. The minimum atomic E-state index is -0.582. The van der Waals surface area contributed by atoms with E-state index in [0.29, 0.717) is 12.4 Å². The third-order valence-electron chi connectivity index (χ3n) is 5.86. The van der Waals surface area contributed by atoms with Crippen LogP contribution < -0.4 is 5.32 Å². The molecule has 8 heteroatoms. The third-order valence-corrected chi connectivity index (χ3v) is 5.86. The quantitative estimate of drug-likeness (QED) is 0.527. The Bertz CT molecular complexity index is 1200. The molecule has 1 aromatic heterocycles. The standard InChI is InChI=1S/C27H30N4O4/c1-27(2,3)22-15-23(31(29-22)21-12-8-5-9-13-21)28-24(32)18-35-26(34)20-14-25(33)30(17-20)16-19-10-6-4-7-11-19/h4-13,15,20H,14,16-18H2,1-3H3,(H,28,32)/t20-/m0/s1. The van der Waals surface area contributed by atoms with Crippen molar-refractivity contribution in [3.05, 3.63) is 78.0 Å². The molecule has 8 nitrogen and oxygen atoms in total. The molecule has 0 bridgehead atoms. The molecule has 182 valence electrons. The lowest BCUT2D eigenvalue weighted by Crippen LogP contribution is -2.28. The zero-order chi connectivity index (χ0) is 25.0. The van der Waals surface area contributed by atoms with Crippen LogP contribution in [0.3, 0.4) is 0 Å². The first-order valence-electron chi connectivity index (χ1n) is 11.6. The van der Waals surface area contributed by atoms with Crippen LogP contribution in [-0.2, 0) is 31.1 Å². The van der Waals surface area contributed by atoms with Crippen LogP contribution in [0.15, 0.2) is 66.7 Å². The average molecular weight is 475 g/mol. The van der Waals surface area contributed by atoms with Gasteiger partial charge in [0.25, 0.3) is 5.91 Å². The van der Waals surface area contributed by atoms with E-state index >= 15 is 0 Å². The Morgan fingerprint density at radius 1 is 1.06 bits per heavy atom. The van der Waals surface area contributed by atoms with Gasteiger partial charge in [0.15, 0.2) is 6.61 Å². The lowest BCUT2D eigenvalue weighted by Gasteiger charge is -2.16. The largest absolute Gasteiger partial charge is 0.455 e. The molecule has 0 unspecified atom stereocenters. The third kappa shape index (κ3) is 5.95. The Morgan fingerprint density at radius 3 is 2.37 bits per heavy atom. The van der Waals surface area contributed by atoms with Gasteiger partial charge in [0.1, 0.15) is 5.82 Å². The first kappa shape index (κ1) is 24.2. The number of likely N-dealkylation sites (tertiary alicyclic amines) is 1. The van der Waals surface area contributed by atoms with Crippen LogP contribution in [0.2, 0.25) is 0 Å². The van der Waals surface area contributed by atoms with Crippen LogP contribution in [-0.4, -0.2) is 45.6 Å². The summed E-state index contributed by atoms with van der Waals surface area (Å²) in [4.78, 5) is 39.2. The number of hydrogen-bond acceptors (Lipinski definition) is 5. The molecule has 0 aliphatic carbocycles. The van der Waals surface area contributed by atoms with E-state index < -0.39 is 24.4 Å². The van der Waals surface area contributed by atoms with Crippen molar-refractivity contribution in [3.8, 4) is 5.69 Å². The van der Waals surface area contributed by atoms with Crippen molar-refractivity contribution >= 4 is 23.6 Å². The molecule has 2 heterocycles. The summed E-state index contributed by atoms with van der Waals surface area (Å²) in [7, 11) is 0. The molecule has 2 aromatic carbocycles. The fraction of sp³-hybridized carbons (Fsp3) is 0.333.